The van der Waals surface area contributed by atoms with Gasteiger partial charge in [-0.3, -0.25) is 15.1 Å². The third-order valence-corrected chi connectivity index (χ3v) is 5.98. The van der Waals surface area contributed by atoms with E-state index in [9.17, 15) is 14.7 Å². The van der Waals surface area contributed by atoms with Gasteiger partial charge in [-0.2, -0.15) is 0 Å². The fourth-order valence-electron chi connectivity index (χ4n) is 4.18. The summed E-state index contributed by atoms with van der Waals surface area (Å²) in [5.74, 6) is -0.988. The number of aromatic nitrogens is 4. The number of nitrogens with one attached hydrogen (secondary N) is 1. The Morgan fingerprint density at radius 3 is 2.52 bits per heavy atom. The Bertz CT molecular complexity index is 1140. The number of aliphatic hydroxyl groups is 1. The molecule has 9 heteroatoms. The Morgan fingerprint density at radius 2 is 1.81 bits per heavy atom. The van der Waals surface area contributed by atoms with E-state index in [2.05, 4.69) is 25.5 Å². The van der Waals surface area contributed by atoms with Crippen molar-refractivity contribution in [2.45, 2.75) is 36.9 Å². The number of rotatable bonds is 3. The largest absolute Gasteiger partial charge is 0.450 e. The molecule has 2 aromatic heterocycles. The molecular formula is C22H19N5O4. The van der Waals surface area contributed by atoms with Gasteiger partial charge < -0.3 is 9.84 Å². The van der Waals surface area contributed by atoms with Gasteiger partial charge in [0.1, 0.15) is 16.9 Å². The van der Waals surface area contributed by atoms with E-state index in [0.29, 0.717) is 29.7 Å². The highest BCUT2D eigenvalue weighted by Gasteiger charge is 2.53. The quantitative estimate of drug-likeness (QED) is 0.621. The molecule has 1 aromatic carbocycles. The first-order valence-corrected chi connectivity index (χ1v) is 9.96. The maximum Gasteiger partial charge on any atom is 0.339 e. The van der Waals surface area contributed by atoms with Gasteiger partial charge in [0.05, 0.1) is 11.8 Å². The van der Waals surface area contributed by atoms with Gasteiger partial charge in [0.2, 0.25) is 5.95 Å². The molecule has 1 amide bonds. The Hall–Kier alpha value is -3.72. The highest BCUT2D eigenvalue weighted by atomic mass is 16.6. The predicted octanol–water partition coefficient (Wildman–Crippen LogP) is 2.24. The lowest BCUT2D eigenvalue weighted by molar-refractivity contribution is -0.144. The van der Waals surface area contributed by atoms with E-state index in [1.807, 2.05) is 30.3 Å². The highest BCUT2D eigenvalue weighted by molar-refractivity contribution is 5.96. The minimum Gasteiger partial charge on any atom is -0.450 e. The summed E-state index contributed by atoms with van der Waals surface area (Å²) >= 11 is 0. The van der Waals surface area contributed by atoms with Crippen LogP contribution in [0.15, 0.2) is 55.0 Å². The van der Waals surface area contributed by atoms with Crippen molar-refractivity contribution in [1.29, 1.82) is 0 Å². The van der Waals surface area contributed by atoms with Crippen LogP contribution >= 0.6 is 0 Å². The van der Waals surface area contributed by atoms with Crippen molar-refractivity contribution in [2.75, 3.05) is 5.32 Å². The van der Waals surface area contributed by atoms with Gasteiger partial charge in [-0.15, -0.1) is 10.2 Å². The second-order valence-corrected chi connectivity index (χ2v) is 7.82. The monoisotopic (exact) mass is 417 g/mol. The number of fused-ring (bicyclic) bond motifs is 2. The molecule has 5 rings (SSSR count). The molecular weight excluding hydrogens is 398 g/mol. The van der Waals surface area contributed by atoms with Crippen molar-refractivity contribution in [3.05, 3.63) is 66.1 Å². The lowest BCUT2D eigenvalue weighted by Crippen LogP contribution is -2.49. The van der Waals surface area contributed by atoms with Crippen molar-refractivity contribution in [3.63, 3.8) is 0 Å². The average Bonchev–Trinajstić information content (AvgIpc) is 3.09. The number of hydrogen-bond donors (Lipinski definition) is 2. The molecule has 1 saturated carbocycles. The molecule has 0 atom stereocenters. The molecule has 156 valence electrons. The summed E-state index contributed by atoms with van der Waals surface area (Å²) in [6.07, 6.45) is 5.55. The van der Waals surface area contributed by atoms with Gasteiger partial charge in [-0.25, -0.2) is 9.78 Å². The van der Waals surface area contributed by atoms with Crippen molar-refractivity contribution in [3.8, 4) is 11.3 Å². The molecule has 1 aliphatic heterocycles. The zero-order valence-corrected chi connectivity index (χ0v) is 16.5. The number of esters is 1. The summed E-state index contributed by atoms with van der Waals surface area (Å²) in [6, 6.07) is 11.1. The SMILES string of the molecule is O=C1OC2(CCC(O)(C(=O)Nc3ncc(-c4ccccc4)nn3)CC2)c2cnccc21. The van der Waals surface area contributed by atoms with Crippen molar-refractivity contribution in [1.82, 2.24) is 20.2 Å². The number of anilines is 1. The lowest BCUT2D eigenvalue weighted by atomic mass is 9.73. The smallest absolute Gasteiger partial charge is 0.339 e. The number of ether oxygens (including phenoxy) is 1. The fraction of sp³-hybridized carbons (Fsp3) is 0.273. The normalized spacial score (nSPS) is 24.5. The number of pyridine rings is 1. The van der Waals surface area contributed by atoms with Crippen LogP contribution in [0.3, 0.4) is 0 Å². The lowest BCUT2D eigenvalue weighted by Gasteiger charge is -2.40. The van der Waals surface area contributed by atoms with Gasteiger partial charge in [-0.05, 0) is 31.7 Å². The second-order valence-electron chi connectivity index (χ2n) is 7.82. The molecule has 1 spiro atoms. The van der Waals surface area contributed by atoms with E-state index in [1.54, 1.807) is 18.5 Å². The maximum atomic E-state index is 12.8. The van der Waals surface area contributed by atoms with Crippen LogP contribution in [0.5, 0.6) is 0 Å². The number of carbonyl (C=O) groups excluding carboxylic acids is 2. The molecule has 0 radical (unpaired) electrons. The van der Waals surface area contributed by atoms with Crippen molar-refractivity contribution < 1.29 is 19.4 Å². The molecule has 0 unspecified atom stereocenters. The first-order valence-electron chi connectivity index (χ1n) is 9.96. The van der Waals surface area contributed by atoms with E-state index < -0.39 is 23.1 Å². The predicted molar refractivity (Wildman–Crippen MR) is 109 cm³/mol. The molecule has 2 N–H and O–H groups in total. The van der Waals surface area contributed by atoms with Gasteiger partial charge in [-0.1, -0.05) is 30.3 Å². The van der Waals surface area contributed by atoms with Crippen LogP contribution in [0.2, 0.25) is 0 Å². The average molecular weight is 417 g/mol. The fourth-order valence-corrected chi connectivity index (χ4v) is 4.18. The van der Waals surface area contributed by atoms with Gasteiger partial charge in [0, 0.05) is 23.5 Å². The Balaban J connectivity index is 1.28. The van der Waals surface area contributed by atoms with E-state index in [1.165, 1.54) is 6.20 Å². The van der Waals surface area contributed by atoms with Crippen molar-refractivity contribution in [2.24, 2.45) is 0 Å². The summed E-state index contributed by atoms with van der Waals surface area (Å²) in [5.41, 5.74) is 0.172. The molecule has 1 aliphatic carbocycles. The molecule has 3 aromatic rings. The number of benzene rings is 1. The zero-order valence-electron chi connectivity index (χ0n) is 16.5. The van der Waals surface area contributed by atoms with Gasteiger partial charge in [0.25, 0.3) is 5.91 Å². The molecule has 3 heterocycles. The minimum atomic E-state index is -1.62. The summed E-state index contributed by atoms with van der Waals surface area (Å²) in [4.78, 5) is 33.2. The van der Waals surface area contributed by atoms with Gasteiger partial charge >= 0.3 is 5.97 Å². The topological polar surface area (TPSA) is 127 Å². The zero-order chi connectivity index (χ0) is 21.5. The number of nitrogens with zero attached hydrogens (tertiary/aromatic N) is 4. The van der Waals surface area contributed by atoms with Crippen LogP contribution in [0, 0.1) is 0 Å². The van der Waals surface area contributed by atoms with Gasteiger partial charge in [0.15, 0.2) is 0 Å². The third kappa shape index (κ3) is 3.32. The van der Waals surface area contributed by atoms with E-state index in [4.69, 9.17) is 4.74 Å². The Labute approximate surface area is 177 Å². The summed E-state index contributed by atoms with van der Waals surface area (Å²) in [5, 5.41) is 21.5. The van der Waals surface area contributed by atoms with E-state index >= 15 is 0 Å². The Morgan fingerprint density at radius 1 is 1.03 bits per heavy atom. The summed E-state index contributed by atoms with van der Waals surface area (Å²) < 4.78 is 5.65. The standard InChI is InChI=1S/C22H19N5O4/c28-18-15-6-11-23-12-16(15)22(31-18)9-7-21(30,8-10-22)19(29)25-20-24-13-17(26-27-20)14-4-2-1-3-5-14/h1-6,11-13,30H,7-10H2,(H,24,25,27,29). The Kier molecular flexibility index (Phi) is 4.48. The van der Waals surface area contributed by atoms with Crippen LogP contribution in [-0.4, -0.2) is 42.7 Å². The molecule has 0 saturated heterocycles. The molecule has 31 heavy (non-hydrogen) atoms. The summed E-state index contributed by atoms with van der Waals surface area (Å²) in [6.45, 7) is 0. The molecule has 9 nitrogen and oxygen atoms in total. The van der Waals surface area contributed by atoms with Crippen LogP contribution < -0.4 is 5.32 Å². The van der Waals surface area contributed by atoms with Crippen molar-refractivity contribution >= 4 is 17.8 Å². The summed E-state index contributed by atoms with van der Waals surface area (Å²) in [7, 11) is 0. The van der Waals surface area contributed by atoms with Crippen LogP contribution in [0.1, 0.15) is 41.6 Å². The number of hydrogen-bond acceptors (Lipinski definition) is 8. The minimum absolute atomic E-state index is 0.0141. The first kappa shape index (κ1) is 19.3. The highest BCUT2D eigenvalue weighted by Crippen LogP contribution is 2.48. The molecule has 1 fully saturated rings. The van der Waals surface area contributed by atoms with Crippen LogP contribution in [0.4, 0.5) is 5.95 Å². The third-order valence-electron chi connectivity index (χ3n) is 5.98. The maximum absolute atomic E-state index is 12.8. The number of carbonyl (C=O) groups is 2. The molecule has 2 aliphatic rings. The molecule has 0 bridgehead atoms. The van der Waals surface area contributed by atoms with E-state index in [-0.39, 0.29) is 18.8 Å². The van der Waals surface area contributed by atoms with Crippen LogP contribution in [-0.2, 0) is 15.1 Å². The number of amides is 1. The second kappa shape index (κ2) is 7.21. The van der Waals surface area contributed by atoms with E-state index in [0.717, 1.165) is 5.56 Å². The van der Waals surface area contributed by atoms with Crippen LogP contribution in [0.25, 0.3) is 11.3 Å². The first-order chi connectivity index (χ1) is 15.0.